The van der Waals surface area contributed by atoms with Gasteiger partial charge in [0.15, 0.2) is 5.82 Å². The summed E-state index contributed by atoms with van der Waals surface area (Å²) >= 11 is 6.20. The number of nitrogens with one attached hydrogen (secondary N) is 1. The van der Waals surface area contributed by atoms with E-state index < -0.39 is 0 Å². The highest BCUT2D eigenvalue weighted by Gasteiger charge is 2.19. The molecule has 1 aliphatic rings. The Morgan fingerprint density at radius 3 is 2.78 bits per heavy atom. The molecule has 0 aliphatic carbocycles. The van der Waals surface area contributed by atoms with Crippen molar-refractivity contribution in [3.63, 3.8) is 0 Å². The van der Waals surface area contributed by atoms with Crippen molar-refractivity contribution in [3.05, 3.63) is 71.1 Å². The molecule has 1 amide bonds. The molecule has 4 rings (SSSR count). The number of rotatable bonds is 5. The van der Waals surface area contributed by atoms with E-state index in [-0.39, 0.29) is 5.91 Å². The van der Waals surface area contributed by atoms with Crippen LogP contribution in [0, 0.1) is 0 Å². The summed E-state index contributed by atoms with van der Waals surface area (Å²) in [6.45, 7) is 2.45. The fourth-order valence-corrected chi connectivity index (χ4v) is 3.43. The normalized spacial score (nSPS) is 13.7. The number of hydrogen-bond donors (Lipinski definition) is 1. The first-order valence-electron chi connectivity index (χ1n) is 8.98. The summed E-state index contributed by atoms with van der Waals surface area (Å²) in [6, 6.07) is 11.3. The summed E-state index contributed by atoms with van der Waals surface area (Å²) in [4.78, 5) is 19.3. The molecule has 3 aromatic rings. The Hall–Kier alpha value is -2.86. The summed E-state index contributed by atoms with van der Waals surface area (Å²) in [5.74, 6) is 0.626. The van der Waals surface area contributed by atoms with E-state index >= 15 is 0 Å². The minimum absolute atomic E-state index is 0.200. The predicted molar refractivity (Wildman–Crippen MR) is 106 cm³/mol. The molecule has 2 aromatic heterocycles. The van der Waals surface area contributed by atoms with Gasteiger partial charge in [-0.05, 0) is 36.6 Å². The first-order valence-corrected chi connectivity index (χ1v) is 9.36. The number of hydrogen-bond acceptors (Lipinski definition) is 4. The monoisotopic (exact) mass is 381 g/mol. The lowest BCUT2D eigenvalue weighted by molar-refractivity contribution is 0.102. The average Bonchev–Trinajstić information content (AvgIpc) is 3.36. The Morgan fingerprint density at radius 2 is 1.96 bits per heavy atom. The molecular formula is C20H20ClN5O. The maximum absolute atomic E-state index is 12.7. The van der Waals surface area contributed by atoms with Gasteiger partial charge in [-0.15, -0.1) is 0 Å². The quantitative estimate of drug-likeness (QED) is 0.729. The van der Waals surface area contributed by atoms with Crippen LogP contribution in [0.2, 0.25) is 5.02 Å². The van der Waals surface area contributed by atoms with Crippen LogP contribution in [0.15, 0.2) is 55.0 Å². The zero-order valence-corrected chi connectivity index (χ0v) is 15.6. The van der Waals surface area contributed by atoms with Gasteiger partial charge in [0.05, 0.1) is 24.0 Å². The van der Waals surface area contributed by atoms with Gasteiger partial charge in [-0.2, -0.15) is 5.10 Å². The molecular weight excluding hydrogens is 362 g/mol. The number of pyridine rings is 1. The van der Waals surface area contributed by atoms with Crippen LogP contribution in [0.3, 0.4) is 0 Å². The molecule has 6 nitrogen and oxygen atoms in total. The van der Waals surface area contributed by atoms with Crippen molar-refractivity contribution in [2.45, 2.75) is 19.4 Å². The van der Waals surface area contributed by atoms with E-state index in [4.69, 9.17) is 11.6 Å². The first kappa shape index (κ1) is 17.5. The van der Waals surface area contributed by atoms with Crippen LogP contribution in [0.5, 0.6) is 0 Å². The number of nitrogens with zero attached hydrogens (tertiary/aromatic N) is 4. The van der Waals surface area contributed by atoms with E-state index in [0.717, 1.165) is 43.0 Å². The van der Waals surface area contributed by atoms with Gasteiger partial charge in [0.2, 0.25) is 0 Å². The minimum Gasteiger partial charge on any atom is -0.355 e. The first-order chi connectivity index (χ1) is 13.2. The highest BCUT2D eigenvalue weighted by Crippen LogP contribution is 2.26. The number of benzene rings is 1. The largest absolute Gasteiger partial charge is 0.355 e. The predicted octanol–water partition coefficient (Wildman–Crippen LogP) is 3.83. The molecule has 7 heteroatoms. The summed E-state index contributed by atoms with van der Waals surface area (Å²) in [5.41, 5.74) is 2.18. The third-order valence-corrected chi connectivity index (χ3v) is 4.99. The van der Waals surface area contributed by atoms with Gasteiger partial charge in [-0.1, -0.05) is 29.8 Å². The SMILES string of the molecule is O=C(Nc1cccnc1N1CCCC1)c1cnn(Cc2ccccc2Cl)c1. The van der Waals surface area contributed by atoms with Gasteiger partial charge >= 0.3 is 0 Å². The van der Waals surface area contributed by atoms with Crippen molar-refractivity contribution in [2.75, 3.05) is 23.3 Å². The van der Waals surface area contributed by atoms with E-state index in [9.17, 15) is 4.79 Å². The van der Waals surface area contributed by atoms with E-state index in [0.29, 0.717) is 17.1 Å². The molecule has 1 N–H and O–H groups in total. The summed E-state index contributed by atoms with van der Waals surface area (Å²) in [6.07, 6.45) is 7.35. The van der Waals surface area contributed by atoms with Crippen LogP contribution >= 0.6 is 11.6 Å². The van der Waals surface area contributed by atoms with Crippen LogP contribution in [0.4, 0.5) is 11.5 Å². The maximum atomic E-state index is 12.7. The Bertz CT molecular complexity index is 949. The zero-order chi connectivity index (χ0) is 18.6. The average molecular weight is 382 g/mol. The molecule has 0 radical (unpaired) electrons. The molecule has 27 heavy (non-hydrogen) atoms. The van der Waals surface area contributed by atoms with Crippen molar-refractivity contribution >= 4 is 29.0 Å². The highest BCUT2D eigenvalue weighted by molar-refractivity contribution is 6.31. The summed E-state index contributed by atoms with van der Waals surface area (Å²) in [7, 11) is 0. The molecule has 0 bridgehead atoms. The van der Waals surface area contributed by atoms with Gasteiger partial charge in [-0.3, -0.25) is 9.48 Å². The van der Waals surface area contributed by atoms with Crippen LogP contribution in [-0.2, 0) is 6.54 Å². The smallest absolute Gasteiger partial charge is 0.258 e. The van der Waals surface area contributed by atoms with Crippen molar-refractivity contribution in [1.82, 2.24) is 14.8 Å². The Morgan fingerprint density at radius 1 is 1.15 bits per heavy atom. The summed E-state index contributed by atoms with van der Waals surface area (Å²) < 4.78 is 1.71. The molecule has 1 aromatic carbocycles. The van der Waals surface area contributed by atoms with Gasteiger partial charge in [0.1, 0.15) is 0 Å². The Balaban J connectivity index is 1.48. The van der Waals surface area contributed by atoms with Crippen LogP contribution < -0.4 is 10.2 Å². The number of amides is 1. The standard InChI is InChI=1S/C20H20ClN5O/c21-17-7-2-1-6-15(17)13-26-14-16(12-23-26)20(27)24-18-8-5-9-22-19(18)25-10-3-4-11-25/h1-2,5-9,12,14H,3-4,10-11,13H2,(H,24,27). The van der Waals surface area contributed by atoms with E-state index in [1.54, 1.807) is 23.3 Å². The zero-order valence-electron chi connectivity index (χ0n) is 14.8. The van der Waals surface area contributed by atoms with Gasteiger partial charge in [0, 0.05) is 30.5 Å². The van der Waals surface area contributed by atoms with E-state index in [1.807, 2.05) is 36.4 Å². The molecule has 0 saturated carbocycles. The second-order valence-corrected chi connectivity index (χ2v) is 6.95. The second kappa shape index (κ2) is 7.80. The number of anilines is 2. The van der Waals surface area contributed by atoms with Crippen molar-refractivity contribution in [3.8, 4) is 0 Å². The molecule has 0 spiro atoms. The lowest BCUT2D eigenvalue weighted by Gasteiger charge is -2.19. The van der Waals surface area contributed by atoms with Gasteiger partial charge in [0.25, 0.3) is 5.91 Å². The molecule has 0 unspecified atom stereocenters. The number of carbonyl (C=O) groups excluding carboxylic acids is 1. The minimum atomic E-state index is -0.200. The van der Waals surface area contributed by atoms with E-state index in [2.05, 4.69) is 20.3 Å². The molecule has 138 valence electrons. The lowest BCUT2D eigenvalue weighted by Crippen LogP contribution is -2.22. The lowest BCUT2D eigenvalue weighted by atomic mass is 10.2. The number of aromatic nitrogens is 3. The molecule has 1 fully saturated rings. The van der Waals surface area contributed by atoms with Gasteiger partial charge < -0.3 is 10.2 Å². The fourth-order valence-electron chi connectivity index (χ4n) is 3.24. The van der Waals surface area contributed by atoms with Gasteiger partial charge in [-0.25, -0.2) is 4.98 Å². The van der Waals surface area contributed by atoms with Crippen LogP contribution in [-0.4, -0.2) is 33.8 Å². The number of halogens is 1. The third-order valence-electron chi connectivity index (χ3n) is 4.63. The van der Waals surface area contributed by atoms with Crippen molar-refractivity contribution in [2.24, 2.45) is 0 Å². The van der Waals surface area contributed by atoms with Crippen molar-refractivity contribution < 1.29 is 4.79 Å². The fraction of sp³-hybridized carbons (Fsp3) is 0.250. The molecule has 1 saturated heterocycles. The molecule has 1 aliphatic heterocycles. The van der Waals surface area contributed by atoms with E-state index in [1.165, 1.54) is 0 Å². The van der Waals surface area contributed by atoms with Crippen LogP contribution in [0.25, 0.3) is 0 Å². The maximum Gasteiger partial charge on any atom is 0.258 e. The topological polar surface area (TPSA) is 63.1 Å². The second-order valence-electron chi connectivity index (χ2n) is 6.54. The molecule has 0 atom stereocenters. The van der Waals surface area contributed by atoms with Crippen molar-refractivity contribution in [1.29, 1.82) is 0 Å². The molecule has 3 heterocycles. The summed E-state index contributed by atoms with van der Waals surface area (Å²) in [5, 5.41) is 7.94. The highest BCUT2D eigenvalue weighted by atomic mass is 35.5. The Labute approximate surface area is 162 Å². The number of carbonyl (C=O) groups is 1. The Kier molecular flexibility index (Phi) is 5.07. The third kappa shape index (κ3) is 3.95. The van der Waals surface area contributed by atoms with Crippen LogP contribution in [0.1, 0.15) is 28.8 Å².